The predicted molar refractivity (Wildman–Crippen MR) is 122 cm³/mol. The molecule has 5 aromatic rings. The number of fused-ring (bicyclic) bond motifs is 2. The average Bonchev–Trinajstić information content (AvgIpc) is 3.41. The van der Waals surface area contributed by atoms with E-state index in [1.165, 1.54) is 16.9 Å². The molecule has 5 rings (SSSR count). The number of nitrogens with zero attached hydrogens (tertiary/aromatic N) is 6. The summed E-state index contributed by atoms with van der Waals surface area (Å²) in [6.07, 6.45) is 1.66. The molecule has 3 aromatic heterocycles. The van der Waals surface area contributed by atoms with Crippen molar-refractivity contribution < 1.29 is 4.79 Å². The molecule has 154 valence electrons. The Kier molecular flexibility index (Phi) is 4.71. The van der Waals surface area contributed by atoms with Crippen LogP contribution in [0, 0.1) is 20.8 Å². The van der Waals surface area contributed by atoms with Crippen LogP contribution in [0.1, 0.15) is 33.0 Å². The molecule has 0 radical (unpaired) electrons. The molecule has 0 aliphatic rings. The number of benzene rings is 2. The number of amides is 1. The molecular formula is C23H20N6OS. The summed E-state index contributed by atoms with van der Waals surface area (Å²) in [5.74, 6) is 0.200. The van der Waals surface area contributed by atoms with Crippen molar-refractivity contribution in [3.63, 3.8) is 0 Å². The van der Waals surface area contributed by atoms with E-state index in [0.29, 0.717) is 17.5 Å². The van der Waals surface area contributed by atoms with Crippen molar-refractivity contribution in [3.8, 4) is 0 Å². The summed E-state index contributed by atoms with van der Waals surface area (Å²) >= 11 is 1.50. The quantitative estimate of drug-likeness (QED) is 0.421. The zero-order chi connectivity index (χ0) is 21.5. The number of rotatable bonds is 4. The normalized spacial score (nSPS) is 11.3. The summed E-state index contributed by atoms with van der Waals surface area (Å²) in [4.78, 5) is 28.7. The standard InChI is InChI=1S/C23H20N6OS/c1-14-9-10-18-19(16(14)3)25-23(31-18)28(13-17-7-5-4-6-8-17)21(30)20-26-22-24-12-11-15(2)29(22)27-20/h4-12H,13H2,1-3H3. The van der Waals surface area contributed by atoms with Crippen molar-refractivity contribution in [2.45, 2.75) is 27.3 Å². The molecule has 0 unspecified atom stereocenters. The van der Waals surface area contributed by atoms with Gasteiger partial charge in [0.2, 0.25) is 5.82 Å². The van der Waals surface area contributed by atoms with Crippen LogP contribution in [0.4, 0.5) is 5.13 Å². The van der Waals surface area contributed by atoms with E-state index in [0.717, 1.165) is 27.0 Å². The van der Waals surface area contributed by atoms with Crippen LogP contribution in [0.2, 0.25) is 0 Å². The molecule has 2 aromatic carbocycles. The van der Waals surface area contributed by atoms with Gasteiger partial charge in [0, 0.05) is 11.9 Å². The highest BCUT2D eigenvalue weighted by molar-refractivity contribution is 7.22. The minimum Gasteiger partial charge on any atom is -0.277 e. The average molecular weight is 429 g/mol. The van der Waals surface area contributed by atoms with Crippen molar-refractivity contribution in [2.75, 3.05) is 4.90 Å². The lowest BCUT2D eigenvalue weighted by Gasteiger charge is -2.18. The molecule has 3 heterocycles. The second-order valence-corrected chi connectivity index (χ2v) is 8.47. The van der Waals surface area contributed by atoms with Gasteiger partial charge in [0.05, 0.1) is 16.8 Å². The topological polar surface area (TPSA) is 76.3 Å². The second-order valence-electron chi connectivity index (χ2n) is 7.46. The van der Waals surface area contributed by atoms with Gasteiger partial charge in [-0.3, -0.25) is 9.69 Å². The van der Waals surface area contributed by atoms with Gasteiger partial charge in [0.15, 0.2) is 5.13 Å². The number of carbonyl (C=O) groups excluding carboxylic acids is 1. The Morgan fingerprint density at radius 2 is 1.84 bits per heavy atom. The van der Waals surface area contributed by atoms with Crippen molar-refractivity contribution >= 4 is 38.4 Å². The Morgan fingerprint density at radius 1 is 1.03 bits per heavy atom. The molecular weight excluding hydrogens is 408 g/mol. The Labute approximate surface area is 183 Å². The number of aromatic nitrogens is 5. The third-order valence-corrected chi connectivity index (χ3v) is 6.40. The zero-order valence-corrected chi connectivity index (χ0v) is 18.2. The van der Waals surface area contributed by atoms with Gasteiger partial charge < -0.3 is 0 Å². The van der Waals surface area contributed by atoms with Crippen LogP contribution in [0.5, 0.6) is 0 Å². The number of carbonyl (C=O) groups is 1. The highest BCUT2D eigenvalue weighted by Gasteiger charge is 2.26. The highest BCUT2D eigenvalue weighted by atomic mass is 32.1. The fourth-order valence-corrected chi connectivity index (χ4v) is 4.46. The summed E-state index contributed by atoms with van der Waals surface area (Å²) in [5.41, 5.74) is 5.08. The van der Waals surface area contributed by atoms with E-state index in [4.69, 9.17) is 4.98 Å². The Bertz CT molecular complexity index is 1420. The summed E-state index contributed by atoms with van der Waals surface area (Å²) in [5, 5.41) is 5.04. The molecule has 0 aliphatic heterocycles. The molecule has 0 bridgehead atoms. The van der Waals surface area contributed by atoms with Crippen LogP contribution < -0.4 is 4.90 Å². The Balaban J connectivity index is 1.62. The van der Waals surface area contributed by atoms with E-state index in [2.05, 4.69) is 41.0 Å². The van der Waals surface area contributed by atoms with E-state index >= 15 is 0 Å². The van der Waals surface area contributed by atoms with E-state index in [-0.39, 0.29) is 11.7 Å². The molecule has 0 fully saturated rings. The number of hydrogen-bond donors (Lipinski definition) is 0. The first-order chi connectivity index (χ1) is 15.0. The van der Waals surface area contributed by atoms with Gasteiger partial charge in [-0.1, -0.05) is 47.7 Å². The Morgan fingerprint density at radius 3 is 2.61 bits per heavy atom. The van der Waals surface area contributed by atoms with Gasteiger partial charge in [-0.25, -0.2) is 14.5 Å². The van der Waals surface area contributed by atoms with Gasteiger partial charge in [0.25, 0.3) is 11.7 Å². The first kappa shape index (κ1) is 19.3. The lowest BCUT2D eigenvalue weighted by molar-refractivity contribution is 0.0975. The molecule has 1 amide bonds. The minimum absolute atomic E-state index is 0.102. The molecule has 31 heavy (non-hydrogen) atoms. The van der Waals surface area contributed by atoms with Gasteiger partial charge in [-0.15, -0.1) is 5.10 Å². The lowest BCUT2D eigenvalue weighted by atomic mass is 10.1. The molecule has 0 N–H and O–H groups in total. The van der Waals surface area contributed by atoms with Crippen molar-refractivity contribution in [3.05, 3.63) is 82.9 Å². The number of aryl methyl sites for hydroxylation is 3. The van der Waals surface area contributed by atoms with Crippen LogP contribution >= 0.6 is 11.3 Å². The molecule has 0 aliphatic carbocycles. The fourth-order valence-electron chi connectivity index (χ4n) is 3.44. The van der Waals surface area contributed by atoms with Crippen LogP contribution in [-0.4, -0.2) is 30.5 Å². The van der Waals surface area contributed by atoms with Crippen molar-refractivity contribution in [1.82, 2.24) is 24.6 Å². The number of anilines is 1. The summed E-state index contributed by atoms with van der Waals surface area (Å²) in [6.45, 7) is 6.40. The summed E-state index contributed by atoms with van der Waals surface area (Å²) in [7, 11) is 0. The molecule has 8 heteroatoms. The molecule has 0 spiro atoms. The van der Waals surface area contributed by atoms with Crippen molar-refractivity contribution in [1.29, 1.82) is 0 Å². The predicted octanol–water partition coefficient (Wildman–Crippen LogP) is 4.51. The van der Waals surface area contributed by atoms with Crippen LogP contribution in [0.3, 0.4) is 0 Å². The van der Waals surface area contributed by atoms with E-state index < -0.39 is 0 Å². The van der Waals surface area contributed by atoms with Crippen LogP contribution in [-0.2, 0) is 6.54 Å². The molecule has 0 saturated carbocycles. The summed E-state index contributed by atoms with van der Waals surface area (Å²) in [6, 6.07) is 15.8. The molecule has 7 nitrogen and oxygen atoms in total. The lowest BCUT2D eigenvalue weighted by Crippen LogP contribution is -2.31. The van der Waals surface area contributed by atoms with Gasteiger partial charge in [-0.2, -0.15) is 4.98 Å². The third kappa shape index (κ3) is 3.44. The van der Waals surface area contributed by atoms with Crippen molar-refractivity contribution in [2.24, 2.45) is 0 Å². The smallest absolute Gasteiger partial charge is 0.277 e. The van der Waals surface area contributed by atoms with Gasteiger partial charge in [0.1, 0.15) is 0 Å². The first-order valence-corrected chi connectivity index (χ1v) is 10.7. The van der Waals surface area contributed by atoms with Crippen LogP contribution in [0.25, 0.3) is 16.0 Å². The summed E-state index contributed by atoms with van der Waals surface area (Å²) < 4.78 is 2.63. The number of thiazole rings is 1. The third-order valence-electron chi connectivity index (χ3n) is 5.35. The highest BCUT2D eigenvalue weighted by Crippen LogP contribution is 2.33. The van der Waals surface area contributed by atoms with Gasteiger partial charge in [-0.05, 0) is 49.6 Å². The minimum atomic E-state index is -0.304. The van der Waals surface area contributed by atoms with Crippen LogP contribution in [0.15, 0.2) is 54.7 Å². The second kappa shape index (κ2) is 7.55. The maximum Gasteiger partial charge on any atom is 0.300 e. The Hall–Kier alpha value is -3.65. The van der Waals surface area contributed by atoms with Gasteiger partial charge >= 0.3 is 0 Å². The zero-order valence-electron chi connectivity index (χ0n) is 17.4. The fraction of sp³-hybridized carbons (Fsp3) is 0.174. The maximum atomic E-state index is 13.6. The number of hydrogen-bond acceptors (Lipinski definition) is 6. The molecule has 0 saturated heterocycles. The van der Waals surface area contributed by atoms with E-state index in [9.17, 15) is 4.79 Å². The SMILES string of the molecule is Cc1ccc2sc(N(Cc3ccccc3)C(=O)c3nc4nccc(C)n4n3)nc2c1C. The first-order valence-electron chi connectivity index (χ1n) is 9.92. The molecule has 0 atom stereocenters. The van der Waals surface area contributed by atoms with E-state index in [1.54, 1.807) is 15.6 Å². The largest absolute Gasteiger partial charge is 0.300 e. The van der Waals surface area contributed by atoms with E-state index in [1.807, 2.05) is 43.3 Å². The monoisotopic (exact) mass is 428 g/mol. The maximum absolute atomic E-state index is 13.6.